The molecule has 6 heteroatoms. The summed E-state index contributed by atoms with van der Waals surface area (Å²) in [5, 5.41) is 3.26. The fourth-order valence-electron chi connectivity index (χ4n) is 3.64. The lowest BCUT2D eigenvalue weighted by molar-refractivity contribution is 0.0951. The maximum Gasteiger partial charge on any atom is 0.255 e. The molecule has 0 aliphatic carbocycles. The molecule has 1 heterocycles. The van der Waals surface area contributed by atoms with E-state index >= 15 is 0 Å². The smallest absolute Gasteiger partial charge is 0.255 e. The second-order valence-electron chi connectivity index (χ2n) is 7.29. The molecule has 4 rings (SSSR count). The number of benzene rings is 3. The molecule has 0 unspecified atom stereocenters. The van der Waals surface area contributed by atoms with E-state index < -0.39 is 0 Å². The van der Waals surface area contributed by atoms with Crippen molar-refractivity contribution < 1.29 is 18.7 Å². The van der Waals surface area contributed by atoms with Gasteiger partial charge in [-0.2, -0.15) is 0 Å². The first-order chi connectivity index (χ1) is 15.5. The van der Waals surface area contributed by atoms with Gasteiger partial charge in [-0.3, -0.25) is 9.59 Å². The molecule has 0 aliphatic rings. The first-order valence-electron chi connectivity index (χ1n) is 10.1. The van der Waals surface area contributed by atoms with E-state index in [1.807, 2.05) is 30.3 Å². The third kappa shape index (κ3) is 3.95. The topological polar surface area (TPSA) is 77.8 Å². The summed E-state index contributed by atoms with van der Waals surface area (Å²) in [6.45, 7) is 1.95. The fraction of sp³-hybridized carbons (Fsp3) is 0.154. The van der Waals surface area contributed by atoms with E-state index in [2.05, 4.69) is 5.32 Å². The normalized spacial score (nSPS) is 10.7. The van der Waals surface area contributed by atoms with Crippen molar-refractivity contribution in [1.29, 1.82) is 0 Å². The Morgan fingerprint density at radius 3 is 2.47 bits per heavy atom. The van der Waals surface area contributed by atoms with Crippen molar-refractivity contribution >= 4 is 16.9 Å². The highest BCUT2D eigenvalue weighted by Gasteiger charge is 2.18. The third-order valence-electron chi connectivity index (χ3n) is 5.35. The Morgan fingerprint density at radius 2 is 1.75 bits per heavy atom. The van der Waals surface area contributed by atoms with Crippen LogP contribution in [0.2, 0.25) is 0 Å². The lowest BCUT2D eigenvalue weighted by Crippen LogP contribution is -2.24. The molecule has 6 nitrogen and oxygen atoms in total. The Bertz CT molecular complexity index is 1340. The van der Waals surface area contributed by atoms with Crippen molar-refractivity contribution in [3.8, 4) is 22.8 Å². The van der Waals surface area contributed by atoms with Gasteiger partial charge in [0.25, 0.3) is 5.91 Å². The lowest BCUT2D eigenvalue weighted by Gasteiger charge is -2.13. The van der Waals surface area contributed by atoms with Crippen molar-refractivity contribution in [2.24, 2.45) is 0 Å². The Balaban J connectivity index is 1.73. The molecule has 4 aromatic rings. The molecule has 0 radical (unpaired) electrons. The molecule has 0 spiro atoms. The van der Waals surface area contributed by atoms with E-state index in [0.29, 0.717) is 33.8 Å². The molecular weight excluding hydrogens is 406 g/mol. The summed E-state index contributed by atoms with van der Waals surface area (Å²) in [4.78, 5) is 26.1. The number of carbonyl (C=O) groups excluding carboxylic acids is 1. The number of fused-ring (bicyclic) bond motifs is 1. The zero-order valence-electron chi connectivity index (χ0n) is 18.1. The minimum absolute atomic E-state index is 0.158. The Kier molecular flexibility index (Phi) is 5.94. The molecule has 1 amide bonds. The molecule has 1 N–H and O–H groups in total. The van der Waals surface area contributed by atoms with Crippen molar-refractivity contribution in [1.82, 2.24) is 5.32 Å². The molecular formula is C26H23NO5. The van der Waals surface area contributed by atoms with Gasteiger partial charge in [-0.1, -0.05) is 36.4 Å². The van der Waals surface area contributed by atoms with E-state index in [1.165, 1.54) is 0 Å². The van der Waals surface area contributed by atoms with Crippen molar-refractivity contribution in [2.45, 2.75) is 13.5 Å². The highest BCUT2D eigenvalue weighted by Crippen LogP contribution is 2.28. The minimum Gasteiger partial charge on any atom is -0.497 e. The molecule has 0 bridgehead atoms. The van der Waals surface area contributed by atoms with E-state index in [1.54, 1.807) is 57.5 Å². The monoisotopic (exact) mass is 429 g/mol. The summed E-state index contributed by atoms with van der Waals surface area (Å²) in [6.07, 6.45) is 0. The number of rotatable bonds is 6. The molecule has 162 valence electrons. The highest BCUT2D eigenvalue weighted by molar-refractivity contribution is 6.05. The number of para-hydroxylation sites is 1. The van der Waals surface area contributed by atoms with Crippen LogP contribution in [0.5, 0.6) is 11.5 Å². The molecule has 0 atom stereocenters. The van der Waals surface area contributed by atoms with Gasteiger partial charge in [-0.05, 0) is 37.3 Å². The van der Waals surface area contributed by atoms with Crippen LogP contribution in [0, 0.1) is 6.92 Å². The Labute approximate surface area is 185 Å². The van der Waals surface area contributed by atoms with Gasteiger partial charge in [-0.15, -0.1) is 0 Å². The summed E-state index contributed by atoms with van der Waals surface area (Å²) in [5.74, 6) is 1.40. The van der Waals surface area contributed by atoms with Crippen LogP contribution in [0.15, 0.2) is 75.9 Å². The van der Waals surface area contributed by atoms with E-state index in [0.717, 1.165) is 11.1 Å². The van der Waals surface area contributed by atoms with Gasteiger partial charge in [0.1, 0.15) is 17.3 Å². The average Bonchev–Trinajstić information content (AvgIpc) is 2.84. The van der Waals surface area contributed by atoms with Crippen LogP contribution in [-0.4, -0.2) is 20.1 Å². The van der Waals surface area contributed by atoms with Crippen LogP contribution in [0.25, 0.3) is 22.3 Å². The first kappa shape index (κ1) is 21.2. The van der Waals surface area contributed by atoms with Gasteiger partial charge < -0.3 is 19.2 Å². The van der Waals surface area contributed by atoms with Crippen molar-refractivity contribution in [3.05, 3.63) is 93.6 Å². The van der Waals surface area contributed by atoms with E-state index in [-0.39, 0.29) is 23.5 Å². The van der Waals surface area contributed by atoms with Crippen LogP contribution in [-0.2, 0) is 6.54 Å². The summed E-state index contributed by atoms with van der Waals surface area (Å²) < 4.78 is 16.8. The molecule has 0 saturated carbocycles. The zero-order valence-corrected chi connectivity index (χ0v) is 18.1. The molecule has 1 aromatic heterocycles. The summed E-state index contributed by atoms with van der Waals surface area (Å²) >= 11 is 0. The highest BCUT2D eigenvalue weighted by atomic mass is 16.5. The van der Waals surface area contributed by atoms with Gasteiger partial charge in [0, 0.05) is 23.2 Å². The fourth-order valence-corrected chi connectivity index (χ4v) is 3.64. The van der Waals surface area contributed by atoms with Crippen molar-refractivity contribution in [3.63, 3.8) is 0 Å². The predicted octanol–water partition coefficient (Wildman–Crippen LogP) is 4.72. The third-order valence-corrected chi connectivity index (χ3v) is 5.35. The number of ether oxygens (including phenoxy) is 2. The van der Waals surface area contributed by atoms with Crippen LogP contribution in [0.1, 0.15) is 21.5 Å². The number of nitrogens with one attached hydrogen (secondary N) is 1. The first-order valence-corrected chi connectivity index (χ1v) is 10.1. The maximum absolute atomic E-state index is 13.1. The molecule has 3 aromatic carbocycles. The molecule has 0 aliphatic heterocycles. The van der Waals surface area contributed by atoms with Crippen LogP contribution >= 0.6 is 0 Å². The van der Waals surface area contributed by atoms with E-state index in [4.69, 9.17) is 13.9 Å². The Hall–Kier alpha value is -4.06. The van der Waals surface area contributed by atoms with Crippen LogP contribution in [0.4, 0.5) is 0 Å². The second-order valence-corrected chi connectivity index (χ2v) is 7.29. The zero-order chi connectivity index (χ0) is 22.7. The molecule has 0 saturated heterocycles. The maximum atomic E-state index is 13.1. The summed E-state index contributed by atoms with van der Waals surface area (Å²) in [6, 6.07) is 19.8. The quantitative estimate of drug-likeness (QED) is 0.480. The van der Waals surface area contributed by atoms with Gasteiger partial charge >= 0.3 is 0 Å². The predicted molar refractivity (Wildman–Crippen MR) is 123 cm³/mol. The van der Waals surface area contributed by atoms with Gasteiger partial charge in [0.15, 0.2) is 11.0 Å². The summed E-state index contributed by atoms with van der Waals surface area (Å²) in [5.41, 5.74) is 2.44. The van der Waals surface area contributed by atoms with Crippen LogP contribution in [0.3, 0.4) is 0 Å². The van der Waals surface area contributed by atoms with Gasteiger partial charge in [0.2, 0.25) is 0 Å². The van der Waals surface area contributed by atoms with Crippen molar-refractivity contribution in [2.75, 3.05) is 14.2 Å². The average molecular weight is 429 g/mol. The number of hydrogen-bond acceptors (Lipinski definition) is 5. The Morgan fingerprint density at radius 1 is 0.969 bits per heavy atom. The second kappa shape index (κ2) is 8.98. The number of hydrogen-bond donors (Lipinski definition) is 1. The standard InChI is InChI=1S/C26H23NO5/c1-16-23(28)20-10-7-11-21(25(20)32-24(16)17-8-5-4-6-9-17)26(29)27-15-18-14-19(30-2)12-13-22(18)31-3/h4-14H,15H2,1-3H3,(H,27,29). The molecule has 0 fully saturated rings. The minimum atomic E-state index is -0.355. The molecule has 32 heavy (non-hydrogen) atoms. The number of amides is 1. The largest absolute Gasteiger partial charge is 0.497 e. The number of methoxy groups -OCH3 is 2. The SMILES string of the molecule is COc1ccc(OC)c(CNC(=O)c2cccc3c(=O)c(C)c(-c4ccccc4)oc23)c1. The summed E-state index contributed by atoms with van der Waals surface area (Å²) in [7, 11) is 3.15. The van der Waals surface area contributed by atoms with Gasteiger partial charge in [0.05, 0.1) is 25.2 Å². The number of carbonyl (C=O) groups is 1. The van der Waals surface area contributed by atoms with Gasteiger partial charge in [-0.25, -0.2) is 0 Å². The van der Waals surface area contributed by atoms with E-state index in [9.17, 15) is 9.59 Å². The lowest BCUT2D eigenvalue weighted by atomic mass is 10.0. The van der Waals surface area contributed by atoms with Crippen LogP contribution < -0.4 is 20.2 Å².